The van der Waals surface area contributed by atoms with Gasteiger partial charge in [-0.1, -0.05) is 0 Å². The van der Waals surface area contributed by atoms with Crippen molar-refractivity contribution in [1.82, 2.24) is 0 Å². The summed E-state index contributed by atoms with van der Waals surface area (Å²) in [5.41, 5.74) is 0. The summed E-state index contributed by atoms with van der Waals surface area (Å²) in [5, 5.41) is 17.7. The van der Waals surface area contributed by atoms with Crippen LogP contribution in [0.25, 0.3) is 0 Å². The number of ether oxygens (including phenoxy) is 1. The van der Waals surface area contributed by atoms with E-state index >= 15 is 0 Å². The maximum Gasteiger partial charge on any atom is 0.0824 e. The molecule has 0 spiro atoms. The Morgan fingerprint density at radius 1 is 1.56 bits per heavy atom. The van der Waals surface area contributed by atoms with Crippen molar-refractivity contribution in [3.63, 3.8) is 0 Å². The lowest BCUT2D eigenvalue weighted by Crippen LogP contribution is -2.34. The third-order valence-electron chi connectivity index (χ3n) is 1.70. The molecular weight excluding hydrogens is 120 g/mol. The van der Waals surface area contributed by atoms with Gasteiger partial charge < -0.3 is 14.9 Å². The van der Waals surface area contributed by atoms with Crippen LogP contribution >= 0.6 is 0 Å². The van der Waals surface area contributed by atoms with Crippen molar-refractivity contribution in [1.29, 1.82) is 0 Å². The van der Waals surface area contributed by atoms with E-state index < -0.39 is 6.10 Å². The van der Waals surface area contributed by atoms with E-state index in [-0.39, 0.29) is 12.5 Å². The van der Waals surface area contributed by atoms with E-state index in [9.17, 15) is 0 Å². The molecular formula is C6H12O3. The molecule has 0 amide bonds. The lowest BCUT2D eigenvalue weighted by Gasteiger charge is -2.25. The molecule has 3 nitrogen and oxygen atoms in total. The molecule has 1 saturated heterocycles. The Labute approximate surface area is 54.3 Å². The summed E-state index contributed by atoms with van der Waals surface area (Å²) in [4.78, 5) is 0. The van der Waals surface area contributed by atoms with Gasteiger partial charge in [-0.25, -0.2) is 0 Å². The van der Waals surface area contributed by atoms with Gasteiger partial charge in [0.1, 0.15) is 0 Å². The Morgan fingerprint density at radius 2 is 2.33 bits per heavy atom. The van der Waals surface area contributed by atoms with E-state index in [0.29, 0.717) is 13.2 Å². The van der Waals surface area contributed by atoms with Gasteiger partial charge in [0.15, 0.2) is 0 Å². The SMILES string of the molecule is OC[C@H]1CCOC[C@H]1O. The van der Waals surface area contributed by atoms with Crippen LogP contribution in [0.3, 0.4) is 0 Å². The smallest absolute Gasteiger partial charge is 0.0824 e. The summed E-state index contributed by atoms with van der Waals surface area (Å²) in [5.74, 6) is 0.0405. The molecule has 3 heteroatoms. The number of hydrogen-bond acceptors (Lipinski definition) is 3. The minimum Gasteiger partial charge on any atom is -0.396 e. The maximum atomic E-state index is 9.08. The maximum absolute atomic E-state index is 9.08. The first kappa shape index (κ1) is 6.99. The molecule has 2 atom stereocenters. The van der Waals surface area contributed by atoms with Crippen molar-refractivity contribution in [2.75, 3.05) is 19.8 Å². The molecule has 2 N–H and O–H groups in total. The van der Waals surface area contributed by atoms with Crippen LogP contribution in [-0.4, -0.2) is 36.1 Å². The third kappa shape index (κ3) is 1.64. The summed E-state index contributed by atoms with van der Waals surface area (Å²) < 4.78 is 4.95. The normalized spacial score (nSPS) is 36.7. The highest BCUT2D eigenvalue weighted by Gasteiger charge is 2.22. The van der Waals surface area contributed by atoms with Crippen LogP contribution in [0.1, 0.15) is 6.42 Å². The molecule has 0 radical (unpaired) electrons. The quantitative estimate of drug-likeness (QED) is 0.499. The summed E-state index contributed by atoms with van der Waals surface area (Å²) in [6, 6.07) is 0. The van der Waals surface area contributed by atoms with E-state index in [0.717, 1.165) is 6.42 Å². The molecule has 0 aromatic heterocycles. The molecule has 0 unspecified atom stereocenters. The Balaban J connectivity index is 2.30. The fourth-order valence-corrected chi connectivity index (χ4v) is 0.980. The molecule has 1 rings (SSSR count). The first-order valence-corrected chi connectivity index (χ1v) is 3.21. The molecule has 1 heterocycles. The largest absolute Gasteiger partial charge is 0.396 e. The second kappa shape index (κ2) is 3.15. The van der Waals surface area contributed by atoms with Crippen molar-refractivity contribution in [2.24, 2.45) is 5.92 Å². The average molecular weight is 132 g/mol. The second-order valence-corrected chi connectivity index (χ2v) is 2.37. The van der Waals surface area contributed by atoms with E-state index in [4.69, 9.17) is 14.9 Å². The molecule has 0 aromatic carbocycles. The van der Waals surface area contributed by atoms with Crippen LogP contribution < -0.4 is 0 Å². The monoisotopic (exact) mass is 132 g/mol. The van der Waals surface area contributed by atoms with Gasteiger partial charge in [0.2, 0.25) is 0 Å². The molecule has 0 aliphatic carbocycles. The van der Waals surface area contributed by atoms with Crippen LogP contribution in [0.5, 0.6) is 0 Å². The Hall–Kier alpha value is -0.120. The zero-order valence-electron chi connectivity index (χ0n) is 5.29. The summed E-state index contributed by atoms with van der Waals surface area (Å²) >= 11 is 0. The standard InChI is InChI=1S/C6H12O3/c7-3-5-1-2-9-4-6(5)8/h5-8H,1-4H2/t5-,6-/m1/s1. The minimum absolute atomic E-state index is 0.0405. The number of aliphatic hydroxyl groups is 2. The van der Waals surface area contributed by atoms with Crippen LogP contribution in [0.15, 0.2) is 0 Å². The number of aliphatic hydroxyl groups excluding tert-OH is 2. The predicted molar refractivity (Wildman–Crippen MR) is 32.0 cm³/mol. The van der Waals surface area contributed by atoms with Gasteiger partial charge in [0.05, 0.1) is 12.7 Å². The Kier molecular flexibility index (Phi) is 2.45. The Bertz CT molecular complexity index is 84.4. The van der Waals surface area contributed by atoms with Crippen LogP contribution in [0.2, 0.25) is 0 Å². The van der Waals surface area contributed by atoms with Crippen molar-refractivity contribution in [3.8, 4) is 0 Å². The molecule has 1 aliphatic heterocycles. The zero-order chi connectivity index (χ0) is 6.69. The molecule has 0 aromatic rings. The molecule has 54 valence electrons. The minimum atomic E-state index is -0.455. The lowest BCUT2D eigenvalue weighted by atomic mass is 9.99. The number of hydrogen-bond donors (Lipinski definition) is 2. The summed E-state index contributed by atoms with van der Waals surface area (Å²) in [7, 11) is 0. The van der Waals surface area contributed by atoms with Gasteiger partial charge in [-0.3, -0.25) is 0 Å². The van der Waals surface area contributed by atoms with Crippen molar-refractivity contribution in [3.05, 3.63) is 0 Å². The lowest BCUT2D eigenvalue weighted by molar-refractivity contribution is -0.0584. The van der Waals surface area contributed by atoms with Gasteiger partial charge in [-0.2, -0.15) is 0 Å². The molecule has 9 heavy (non-hydrogen) atoms. The fraction of sp³-hybridized carbons (Fsp3) is 1.00. The number of rotatable bonds is 1. The van der Waals surface area contributed by atoms with E-state index in [1.54, 1.807) is 0 Å². The highest BCUT2D eigenvalue weighted by atomic mass is 16.5. The van der Waals surface area contributed by atoms with Crippen LogP contribution in [0, 0.1) is 5.92 Å². The molecule has 0 saturated carbocycles. The van der Waals surface area contributed by atoms with Gasteiger partial charge >= 0.3 is 0 Å². The first-order valence-electron chi connectivity index (χ1n) is 3.21. The molecule has 1 aliphatic rings. The highest BCUT2D eigenvalue weighted by Crippen LogP contribution is 2.13. The highest BCUT2D eigenvalue weighted by molar-refractivity contribution is 4.70. The van der Waals surface area contributed by atoms with Gasteiger partial charge in [0, 0.05) is 19.1 Å². The van der Waals surface area contributed by atoms with Crippen LogP contribution in [0.4, 0.5) is 0 Å². The average Bonchev–Trinajstić information content (AvgIpc) is 1.89. The topological polar surface area (TPSA) is 49.7 Å². The van der Waals surface area contributed by atoms with Gasteiger partial charge in [-0.15, -0.1) is 0 Å². The summed E-state index contributed by atoms with van der Waals surface area (Å²) in [6.45, 7) is 1.12. The van der Waals surface area contributed by atoms with Crippen molar-refractivity contribution >= 4 is 0 Å². The van der Waals surface area contributed by atoms with Crippen LogP contribution in [-0.2, 0) is 4.74 Å². The van der Waals surface area contributed by atoms with E-state index in [1.165, 1.54) is 0 Å². The van der Waals surface area contributed by atoms with Crippen molar-refractivity contribution < 1.29 is 14.9 Å². The Morgan fingerprint density at radius 3 is 2.78 bits per heavy atom. The van der Waals surface area contributed by atoms with Crippen molar-refractivity contribution in [2.45, 2.75) is 12.5 Å². The van der Waals surface area contributed by atoms with E-state index in [1.807, 2.05) is 0 Å². The van der Waals surface area contributed by atoms with Gasteiger partial charge in [0.25, 0.3) is 0 Å². The zero-order valence-corrected chi connectivity index (χ0v) is 5.29. The van der Waals surface area contributed by atoms with Gasteiger partial charge in [-0.05, 0) is 6.42 Å². The molecule has 0 bridgehead atoms. The first-order chi connectivity index (χ1) is 4.34. The second-order valence-electron chi connectivity index (χ2n) is 2.37. The predicted octanol–water partition coefficient (Wildman–Crippen LogP) is -0.624. The third-order valence-corrected chi connectivity index (χ3v) is 1.70. The fourth-order valence-electron chi connectivity index (χ4n) is 0.980. The summed E-state index contributed by atoms with van der Waals surface area (Å²) in [6.07, 6.45) is 0.321. The molecule has 1 fully saturated rings. The van der Waals surface area contributed by atoms with E-state index in [2.05, 4.69) is 0 Å².